The predicted molar refractivity (Wildman–Crippen MR) is 212 cm³/mol. The summed E-state index contributed by atoms with van der Waals surface area (Å²) in [6.07, 6.45) is 0. The predicted octanol–water partition coefficient (Wildman–Crippen LogP) is 13.8. The van der Waals surface area contributed by atoms with Gasteiger partial charge in [-0.2, -0.15) is 0 Å². The van der Waals surface area contributed by atoms with Gasteiger partial charge in [-0.15, -0.1) is 11.3 Å². The summed E-state index contributed by atoms with van der Waals surface area (Å²) in [7, 11) is 0. The molecule has 0 spiro atoms. The molecule has 1 aromatic heterocycles. The van der Waals surface area contributed by atoms with Crippen molar-refractivity contribution in [3.8, 4) is 22.3 Å². The summed E-state index contributed by atoms with van der Waals surface area (Å²) >= 11 is 1.87. The average Bonchev–Trinajstić information content (AvgIpc) is 3.63. The smallest absolute Gasteiger partial charge is 0.0540 e. The zero-order chi connectivity index (χ0) is 32.7. The Balaban J connectivity index is 1.24. The van der Waals surface area contributed by atoms with Crippen molar-refractivity contribution in [2.75, 3.05) is 4.90 Å². The summed E-state index contributed by atoms with van der Waals surface area (Å²) in [4.78, 5) is 2.49. The second kappa shape index (κ2) is 10.7. The maximum atomic E-state index is 2.49. The highest BCUT2D eigenvalue weighted by molar-refractivity contribution is 7.25. The lowest BCUT2D eigenvalue weighted by Crippen LogP contribution is -2.16. The molecule has 8 aromatic carbocycles. The Morgan fingerprint density at radius 2 is 1.00 bits per heavy atom. The monoisotopic (exact) mass is 643 g/mol. The van der Waals surface area contributed by atoms with E-state index < -0.39 is 0 Å². The fourth-order valence-corrected chi connectivity index (χ4v) is 9.38. The average molecular weight is 644 g/mol. The Morgan fingerprint density at radius 3 is 1.92 bits per heavy atom. The Hall–Kier alpha value is -5.70. The molecule has 0 unspecified atom stereocenters. The molecule has 9 aromatic rings. The van der Waals surface area contributed by atoms with E-state index in [2.05, 4.69) is 183 Å². The number of anilines is 3. The van der Waals surface area contributed by atoms with Crippen molar-refractivity contribution >= 4 is 70.1 Å². The molecule has 2 heteroatoms. The number of benzene rings is 8. The van der Waals surface area contributed by atoms with E-state index in [4.69, 9.17) is 0 Å². The topological polar surface area (TPSA) is 3.24 Å². The molecular formula is C47H33NS. The van der Waals surface area contributed by atoms with Crippen molar-refractivity contribution in [1.82, 2.24) is 0 Å². The highest BCUT2D eigenvalue weighted by atomic mass is 32.1. The first-order chi connectivity index (χ1) is 24.1. The molecule has 1 aliphatic carbocycles. The first kappa shape index (κ1) is 28.3. The minimum atomic E-state index is -0.0958. The van der Waals surface area contributed by atoms with E-state index in [1.807, 2.05) is 11.3 Å². The first-order valence-corrected chi connectivity index (χ1v) is 17.8. The molecule has 0 N–H and O–H groups in total. The van der Waals surface area contributed by atoms with Gasteiger partial charge in [0.25, 0.3) is 0 Å². The van der Waals surface area contributed by atoms with Crippen LogP contribution in [0.1, 0.15) is 25.0 Å². The number of thiophene rings is 1. The summed E-state index contributed by atoms with van der Waals surface area (Å²) in [6.45, 7) is 4.73. The standard InChI is InChI=1S/C47H33NS/c1-47(2)42-21-7-5-15-37(42)38-26-24-32(29-43(38)47)48(31-25-27-46-41(28-31)40-16-6-8-23-45(40)49-46)44-22-11-19-36-35(18-10-20-39(36)44)34-17-9-13-30-12-3-4-14-33(30)34/h3-29H,1-2H3. The third-order valence-corrected chi connectivity index (χ3v) is 11.8. The molecule has 0 atom stereocenters. The number of hydrogen-bond donors (Lipinski definition) is 0. The van der Waals surface area contributed by atoms with Crippen LogP contribution in [0.25, 0.3) is 64.0 Å². The zero-order valence-corrected chi connectivity index (χ0v) is 28.3. The van der Waals surface area contributed by atoms with Crippen LogP contribution in [-0.2, 0) is 5.41 Å². The van der Waals surface area contributed by atoms with E-state index in [-0.39, 0.29) is 5.41 Å². The summed E-state index contributed by atoms with van der Waals surface area (Å²) in [5, 5.41) is 7.62. The van der Waals surface area contributed by atoms with Gasteiger partial charge in [-0.05, 0) is 92.0 Å². The molecule has 0 saturated heterocycles. The third-order valence-electron chi connectivity index (χ3n) is 10.7. The number of rotatable bonds is 4. The van der Waals surface area contributed by atoms with E-state index in [1.165, 1.54) is 86.5 Å². The van der Waals surface area contributed by atoms with Crippen molar-refractivity contribution in [3.05, 3.63) is 175 Å². The highest BCUT2D eigenvalue weighted by Crippen LogP contribution is 2.51. The van der Waals surface area contributed by atoms with Gasteiger partial charge in [0.15, 0.2) is 0 Å². The van der Waals surface area contributed by atoms with Gasteiger partial charge >= 0.3 is 0 Å². The van der Waals surface area contributed by atoms with E-state index >= 15 is 0 Å². The number of hydrogen-bond acceptors (Lipinski definition) is 2. The fourth-order valence-electron chi connectivity index (χ4n) is 8.30. The Labute approximate surface area is 290 Å². The maximum absolute atomic E-state index is 2.49. The van der Waals surface area contributed by atoms with Crippen LogP contribution in [0.15, 0.2) is 164 Å². The van der Waals surface area contributed by atoms with Gasteiger partial charge in [-0.3, -0.25) is 0 Å². The second-order valence-corrected chi connectivity index (χ2v) is 14.8. The van der Waals surface area contributed by atoms with Crippen LogP contribution in [0.5, 0.6) is 0 Å². The Bertz CT molecular complexity index is 2760. The highest BCUT2D eigenvalue weighted by Gasteiger charge is 2.35. The molecule has 0 radical (unpaired) electrons. The molecule has 0 saturated carbocycles. The van der Waals surface area contributed by atoms with Gasteiger partial charge in [0.2, 0.25) is 0 Å². The number of fused-ring (bicyclic) bond motifs is 8. The third kappa shape index (κ3) is 4.24. The van der Waals surface area contributed by atoms with Crippen molar-refractivity contribution in [3.63, 3.8) is 0 Å². The van der Waals surface area contributed by atoms with Gasteiger partial charge in [0.05, 0.1) is 5.69 Å². The molecule has 0 bridgehead atoms. The second-order valence-electron chi connectivity index (χ2n) is 13.7. The summed E-state index contributed by atoms with van der Waals surface area (Å²) < 4.78 is 2.63. The molecule has 0 fully saturated rings. The lowest BCUT2D eigenvalue weighted by molar-refractivity contribution is 0.660. The van der Waals surface area contributed by atoms with Gasteiger partial charge in [0, 0.05) is 42.3 Å². The van der Waals surface area contributed by atoms with Crippen molar-refractivity contribution < 1.29 is 0 Å². The molecule has 49 heavy (non-hydrogen) atoms. The number of nitrogens with zero attached hydrogens (tertiary/aromatic N) is 1. The van der Waals surface area contributed by atoms with Crippen LogP contribution in [0.4, 0.5) is 17.1 Å². The maximum Gasteiger partial charge on any atom is 0.0540 e. The van der Waals surface area contributed by atoms with Crippen molar-refractivity contribution in [1.29, 1.82) is 0 Å². The molecular weight excluding hydrogens is 611 g/mol. The van der Waals surface area contributed by atoms with Crippen LogP contribution in [0.3, 0.4) is 0 Å². The Morgan fingerprint density at radius 1 is 0.408 bits per heavy atom. The molecule has 10 rings (SSSR count). The van der Waals surface area contributed by atoms with Gasteiger partial charge < -0.3 is 4.90 Å². The van der Waals surface area contributed by atoms with Crippen molar-refractivity contribution in [2.45, 2.75) is 19.3 Å². The van der Waals surface area contributed by atoms with E-state index in [0.29, 0.717) is 0 Å². The van der Waals surface area contributed by atoms with Gasteiger partial charge in [0.1, 0.15) is 0 Å². The lowest BCUT2D eigenvalue weighted by Gasteiger charge is -2.29. The molecule has 1 nitrogen and oxygen atoms in total. The molecule has 0 amide bonds. The van der Waals surface area contributed by atoms with Crippen LogP contribution < -0.4 is 4.90 Å². The van der Waals surface area contributed by atoms with E-state index in [0.717, 1.165) is 5.69 Å². The fraction of sp³-hybridized carbons (Fsp3) is 0.0638. The minimum Gasteiger partial charge on any atom is -0.310 e. The molecule has 1 aliphatic rings. The van der Waals surface area contributed by atoms with Gasteiger partial charge in [-0.25, -0.2) is 0 Å². The van der Waals surface area contributed by atoms with Gasteiger partial charge in [-0.1, -0.05) is 135 Å². The van der Waals surface area contributed by atoms with Crippen LogP contribution in [0, 0.1) is 0 Å². The molecule has 232 valence electrons. The van der Waals surface area contributed by atoms with Crippen LogP contribution >= 0.6 is 11.3 Å². The Kier molecular flexibility index (Phi) is 6.16. The summed E-state index contributed by atoms with van der Waals surface area (Å²) in [5.41, 5.74) is 11.4. The van der Waals surface area contributed by atoms with Crippen molar-refractivity contribution in [2.24, 2.45) is 0 Å². The largest absolute Gasteiger partial charge is 0.310 e. The van der Waals surface area contributed by atoms with E-state index in [1.54, 1.807) is 0 Å². The quantitative estimate of drug-likeness (QED) is 0.184. The first-order valence-electron chi connectivity index (χ1n) is 17.0. The summed E-state index contributed by atoms with van der Waals surface area (Å²) in [6, 6.07) is 60.7. The van der Waals surface area contributed by atoms with Crippen LogP contribution in [0.2, 0.25) is 0 Å². The minimum absolute atomic E-state index is 0.0958. The molecule has 0 aliphatic heterocycles. The summed E-state index contributed by atoms with van der Waals surface area (Å²) in [5.74, 6) is 0. The van der Waals surface area contributed by atoms with E-state index in [9.17, 15) is 0 Å². The zero-order valence-electron chi connectivity index (χ0n) is 27.4. The SMILES string of the molecule is CC1(C)c2ccccc2-c2ccc(N(c3ccc4sc5ccccc5c4c3)c3cccc4c(-c5cccc6ccccc56)cccc34)cc21. The molecule has 1 heterocycles. The lowest BCUT2D eigenvalue weighted by atomic mass is 9.82. The van der Waals surface area contributed by atoms with Crippen LogP contribution in [-0.4, -0.2) is 0 Å². The normalized spacial score (nSPS) is 13.3.